The molecule has 88 valence electrons. The molecule has 0 spiro atoms. The summed E-state index contributed by atoms with van der Waals surface area (Å²) in [6.45, 7) is 7.25. The van der Waals surface area contributed by atoms with Gasteiger partial charge in [0.05, 0.1) is 0 Å². The lowest BCUT2D eigenvalue weighted by atomic mass is 9.78. The van der Waals surface area contributed by atoms with Crippen molar-refractivity contribution in [2.75, 3.05) is 13.1 Å². The van der Waals surface area contributed by atoms with E-state index in [0.717, 1.165) is 17.9 Å². The molecule has 2 heteroatoms. The molecule has 1 aliphatic heterocycles. The van der Waals surface area contributed by atoms with E-state index < -0.39 is 0 Å². The molecular weight excluding hydrogens is 184 g/mol. The summed E-state index contributed by atoms with van der Waals surface area (Å²) >= 11 is 0. The summed E-state index contributed by atoms with van der Waals surface area (Å²) in [6, 6.07) is 1.26. The standard InChI is InChI=1S/C13H26N2/c1-3-5-10(2)15-8-11-6-4-7-13(14)12(11)9-15/h10-13H,3-9,14H2,1-2H3. The van der Waals surface area contributed by atoms with E-state index in [1.165, 1.54) is 45.2 Å². The van der Waals surface area contributed by atoms with Crippen molar-refractivity contribution < 1.29 is 0 Å². The van der Waals surface area contributed by atoms with Gasteiger partial charge in [-0.3, -0.25) is 0 Å². The zero-order valence-corrected chi connectivity index (χ0v) is 10.3. The van der Waals surface area contributed by atoms with Crippen LogP contribution in [0.2, 0.25) is 0 Å². The number of nitrogens with zero attached hydrogens (tertiary/aromatic N) is 1. The second-order valence-electron chi connectivity index (χ2n) is 5.61. The van der Waals surface area contributed by atoms with Crippen molar-refractivity contribution in [1.82, 2.24) is 4.90 Å². The number of nitrogens with two attached hydrogens (primary N) is 1. The lowest BCUT2D eigenvalue weighted by molar-refractivity contribution is 0.231. The molecule has 4 unspecified atom stereocenters. The molecule has 1 saturated heterocycles. The third kappa shape index (κ3) is 2.36. The Hall–Kier alpha value is -0.0800. The van der Waals surface area contributed by atoms with Crippen LogP contribution in [0.3, 0.4) is 0 Å². The topological polar surface area (TPSA) is 29.3 Å². The van der Waals surface area contributed by atoms with Crippen LogP contribution in [-0.2, 0) is 0 Å². The molecular formula is C13H26N2. The number of hydrogen-bond donors (Lipinski definition) is 1. The van der Waals surface area contributed by atoms with Gasteiger partial charge in [-0.05, 0) is 38.0 Å². The van der Waals surface area contributed by atoms with Crippen molar-refractivity contribution in [2.24, 2.45) is 17.6 Å². The van der Waals surface area contributed by atoms with Crippen molar-refractivity contribution in [3.63, 3.8) is 0 Å². The zero-order chi connectivity index (χ0) is 10.8. The summed E-state index contributed by atoms with van der Waals surface area (Å²) in [5, 5.41) is 0. The van der Waals surface area contributed by atoms with Crippen LogP contribution in [0, 0.1) is 11.8 Å². The Morgan fingerprint density at radius 2 is 2.13 bits per heavy atom. The van der Waals surface area contributed by atoms with Crippen LogP contribution in [0.5, 0.6) is 0 Å². The van der Waals surface area contributed by atoms with Gasteiger partial charge in [0.15, 0.2) is 0 Å². The Kier molecular flexibility index (Phi) is 3.68. The lowest BCUT2D eigenvalue weighted by Gasteiger charge is -2.30. The summed E-state index contributed by atoms with van der Waals surface area (Å²) in [5.74, 6) is 1.71. The van der Waals surface area contributed by atoms with E-state index in [1.54, 1.807) is 0 Å². The maximum absolute atomic E-state index is 6.23. The number of hydrogen-bond acceptors (Lipinski definition) is 2. The molecule has 4 atom stereocenters. The molecule has 1 saturated carbocycles. The highest BCUT2D eigenvalue weighted by molar-refractivity contribution is 4.94. The fourth-order valence-corrected chi connectivity index (χ4v) is 3.51. The minimum Gasteiger partial charge on any atom is -0.327 e. The minimum absolute atomic E-state index is 0.488. The highest BCUT2D eigenvalue weighted by Crippen LogP contribution is 2.36. The smallest absolute Gasteiger partial charge is 0.00825 e. The van der Waals surface area contributed by atoms with E-state index in [0.29, 0.717) is 6.04 Å². The van der Waals surface area contributed by atoms with Crippen LogP contribution < -0.4 is 5.73 Å². The van der Waals surface area contributed by atoms with Gasteiger partial charge in [0.1, 0.15) is 0 Å². The highest BCUT2D eigenvalue weighted by Gasteiger charge is 2.39. The van der Waals surface area contributed by atoms with Crippen molar-refractivity contribution in [3.05, 3.63) is 0 Å². The van der Waals surface area contributed by atoms with Gasteiger partial charge in [-0.25, -0.2) is 0 Å². The zero-order valence-electron chi connectivity index (χ0n) is 10.3. The van der Waals surface area contributed by atoms with Crippen LogP contribution in [-0.4, -0.2) is 30.1 Å². The van der Waals surface area contributed by atoms with Crippen molar-refractivity contribution in [1.29, 1.82) is 0 Å². The summed E-state index contributed by atoms with van der Waals surface area (Å²) in [7, 11) is 0. The summed E-state index contributed by atoms with van der Waals surface area (Å²) in [6.07, 6.45) is 6.69. The molecule has 0 bridgehead atoms. The van der Waals surface area contributed by atoms with Gasteiger partial charge in [0.25, 0.3) is 0 Å². The third-order valence-corrected chi connectivity index (χ3v) is 4.51. The van der Waals surface area contributed by atoms with Crippen molar-refractivity contribution >= 4 is 0 Å². The molecule has 2 rings (SSSR count). The first kappa shape index (κ1) is 11.4. The SMILES string of the molecule is CCCC(C)N1CC2CCCC(N)C2C1. The molecule has 0 radical (unpaired) electrons. The quantitative estimate of drug-likeness (QED) is 0.774. The lowest BCUT2D eigenvalue weighted by Crippen LogP contribution is -2.38. The molecule has 0 aromatic heterocycles. The number of likely N-dealkylation sites (tertiary alicyclic amines) is 1. The Balaban J connectivity index is 1.91. The van der Waals surface area contributed by atoms with Gasteiger partial charge in [-0.15, -0.1) is 0 Å². The second-order valence-corrected chi connectivity index (χ2v) is 5.61. The number of rotatable bonds is 3. The fraction of sp³-hybridized carbons (Fsp3) is 1.00. The predicted molar refractivity (Wildman–Crippen MR) is 64.7 cm³/mol. The molecule has 2 aliphatic rings. The Morgan fingerprint density at radius 1 is 1.33 bits per heavy atom. The van der Waals surface area contributed by atoms with Gasteiger partial charge in [0, 0.05) is 25.2 Å². The first-order chi connectivity index (χ1) is 7.22. The summed E-state index contributed by atoms with van der Waals surface area (Å²) in [4.78, 5) is 2.68. The summed E-state index contributed by atoms with van der Waals surface area (Å²) in [5.41, 5.74) is 6.23. The van der Waals surface area contributed by atoms with E-state index in [-0.39, 0.29) is 0 Å². The third-order valence-electron chi connectivity index (χ3n) is 4.51. The van der Waals surface area contributed by atoms with E-state index in [1.807, 2.05) is 0 Å². The van der Waals surface area contributed by atoms with Crippen LogP contribution in [0.1, 0.15) is 46.0 Å². The predicted octanol–water partition coefficient (Wildman–Crippen LogP) is 2.23. The first-order valence-electron chi connectivity index (χ1n) is 6.72. The Morgan fingerprint density at radius 3 is 2.80 bits per heavy atom. The molecule has 2 fully saturated rings. The molecule has 2 N–H and O–H groups in total. The molecule has 2 nitrogen and oxygen atoms in total. The van der Waals surface area contributed by atoms with E-state index in [9.17, 15) is 0 Å². The average Bonchev–Trinajstić information content (AvgIpc) is 2.63. The van der Waals surface area contributed by atoms with E-state index >= 15 is 0 Å². The molecule has 15 heavy (non-hydrogen) atoms. The summed E-state index contributed by atoms with van der Waals surface area (Å²) < 4.78 is 0. The van der Waals surface area contributed by atoms with E-state index in [4.69, 9.17) is 5.73 Å². The molecule has 1 aliphatic carbocycles. The maximum atomic E-state index is 6.23. The maximum Gasteiger partial charge on any atom is 0.00825 e. The van der Waals surface area contributed by atoms with Crippen LogP contribution in [0.15, 0.2) is 0 Å². The largest absolute Gasteiger partial charge is 0.327 e. The molecule has 0 amide bonds. The first-order valence-corrected chi connectivity index (χ1v) is 6.72. The van der Waals surface area contributed by atoms with Gasteiger partial charge >= 0.3 is 0 Å². The van der Waals surface area contributed by atoms with Gasteiger partial charge < -0.3 is 10.6 Å². The van der Waals surface area contributed by atoms with Gasteiger partial charge in [0.2, 0.25) is 0 Å². The second kappa shape index (κ2) is 4.84. The molecule has 1 heterocycles. The highest BCUT2D eigenvalue weighted by atomic mass is 15.2. The Labute approximate surface area is 94.2 Å². The molecule has 0 aromatic carbocycles. The fourth-order valence-electron chi connectivity index (χ4n) is 3.51. The van der Waals surface area contributed by atoms with Crippen LogP contribution in [0.4, 0.5) is 0 Å². The van der Waals surface area contributed by atoms with Crippen LogP contribution in [0.25, 0.3) is 0 Å². The Bertz CT molecular complexity index is 205. The van der Waals surface area contributed by atoms with E-state index in [2.05, 4.69) is 18.7 Å². The van der Waals surface area contributed by atoms with Crippen LogP contribution >= 0.6 is 0 Å². The monoisotopic (exact) mass is 210 g/mol. The number of fused-ring (bicyclic) bond motifs is 1. The van der Waals surface area contributed by atoms with Crippen molar-refractivity contribution in [3.8, 4) is 0 Å². The average molecular weight is 210 g/mol. The normalized spacial score (nSPS) is 39.0. The minimum atomic E-state index is 0.488. The molecule has 0 aromatic rings. The van der Waals surface area contributed by atoms with Gasteiger partial charge in [-0.2, -0.15) is 0 Å². The van der Waals surface area contributed by atoms with Crippen molar-refractivity contribution in [2.45, 2.75) is 58.0 Å². The van der Waals surface area contributed by atoms with Gasteiger partial charge in [-0.1, -0.05) is 19.8 Å².